The molecule has 0 radical (unpaired) electrons. The summed E-state index contributed by atoms with van der Waals surface area (Å²) in [5.74, 6) is 8.09. The van der Waals surface area contributed by atoms with Gasteiger partial charge in [-0.15, -0.1) is 0 Å². The molecule has 3 aromatic rings. The van der Waals surface area contributed by atoms with E-state index in [1.165, 1.54) is 5.56 Å². The highest BCUT2D eigenvalue weighted by atomic mass is 16.5. The molecule has 6 nitrogen and oxygen atoms in total. The molecule has 0 saturated carbocycles. The van der Waals surface area contributed by atoms with Crippen LogP contribution in [0.4, 0.5) is 10.6 Å². The number of carbonyl (C=O) groups is 1. The van der Waals surface area contributed by atoms with Crippen molar-refractivity contribution in [1.82, 2.24) is 14.8 Å². The van der Waals surface area contributed by atoms with E-state index < -0.39 is 0 Å². The van der Waals surface area contributed by atoms with E-state index in [1.54, 1.807) is 25.4 Å². The fourth-order valence-corrected chi connectivity index (χ4v) is 5.04. The van der Waals surface area contributed by atoms with Crippen LogP contribution in [0.2, 0.25) is 0 Å². The molecular formula is C29H30N4O2. The number of fused-ring (bicyclic) bond motifs is 1. The number of amides is 2. The quantitative estimate of drug-likeness (QED) is 0.574. The van der Waals surface area contributed by atoms with Crippen molar-refractivity contribution >= 4 is 11.8 Å². The van der Waals surface area contributed by atoms with Crippen molar-refractivity contribution in [1.29, 1.82) is 0 Å². The SMILES string of the molecule is COc1ccc(NC(=O)N2CCCN3CC[C@H](c4ccc(C#Cc5ccccc5)cc4)[C@@H]3C2)nc1. The summed E-state index contributed by atoms with van der Waals surface area (Å²) in [5, 5.41) is 2.95. The molecule has 2 atom stereocenters. The van der Waals surface area contributed by atoms with Gasteiger partial charge in [0, 0.05) is 42.7 Å². The summed E-state index contributed by atoms with van der Waals surface area (Å²) in [6.07, 6.45) is 3.69. The van der Waals surface area contributed by atoms with E-state index in [0.29, 0.717) is 30.1 Å². The molecule has 2 fully saturated rings. The first-order valence-electron chi connectivity index (χ1n) is 12.2. The van der Waals surface area contributed by atoms with Crippen molar-refractivity contribution in [2.45, 2.75) is 24.8 Å². The van der Waals surface area contributed by atoms with Gasteiger partial charge in [0.2, 0.25) is 0 Å². The van der Waals surface area contributed by atoms with Gasteiger partial charge in [-0.05, 0) is 61.3 Å². The minimum atomic E-state index is -0.0956. The van der Waals surface area contributed by atoms with Gasteiger partial charge in [0.1, 0.15) is 11.6 Å². The van der Waals surface area contributed by atoms with Gasteiger partial charge in [-0.2, -0.15) is 0 Å². The maximum Gasteiger partial charge on any atom is 0.323 e. The Hall–Kier alpha value is -3.82. The zero-order valence-electron chi connectivity index (χ0n) is 20.0. The first-order chi connectivity index (χ1) is 17.2. The Morgan fingerprint density at radius 2 is 1.74 bits per heavy atom. The minimum Gasteiger partial charge on any atom is -0.495 e. The fourth-order valence-electron chi connectivity index (χ4n) is 5.04. The van der Waals surface area contributed by atoms with Crippen LogP contribution in [0.25, 0.3) is 0 Å². The highest BCUT2D eigenvalue weighted by Crippen LogP contribution is 2.35. The smallest absolute Gasteiger partial charge is 0.323 e. The molecule has 5 rings (SSSR count). The molecule has 178 valence electrons. The first kappa shape index (κ1) is 22.9. The molecule has 0 unspecified atom stereocenters. The van der Waals surface area contributed by atoms with Crippen molar-refractivity contribution < 1.29 is 9.53 Å². The number of benzene rings is 2. The molecule has 0 bridgehead atoms. The lowest BCUT2D eigenvalue weighted by molar-refractivity contribution is 0.196. The Labute approximate surface area is 206 Å². The number of hydrogen-bond acceptors (Lipinski definition) is 4. The third-order valence-corrected chi connectivity index (χ3v) is 6.90. The summed E-state index contributed by atoms with van der Waals surface area (Å²) in [5.41, 5.74) is 3.35. The predicted molar refractivity (Wildman–Crippen MR) is 138 cm³/mol. The molecule has 2 saturated heterocycles. The summed E-state index contributed by atoms with van der Waals surface area (Å²) in [6, 6.07) is 22.5. The fraction of sp³-hybridized carbons (Fsp3) is 0.310. The van der Waals surface area contributed by atoms with Gasteiger partial charge in [-0.3, -0.25) is 10.2 Å². The second-order valence-corrected chi connectivity index (χ2v) is 9.05. The number of ether oxygens (including phenoxy) is 1. The number of urea groups is 1. The van der Waals surface area contributed by atoms with Crippen molar-refractivity contribution in [3.05, 3.63) is 89.6 Å². The maximum absolute atomic E-state index is 13.0. The number of rotatable bonds is 3. The molecular weight excluding hydrogens is 436 g/mol. The number of aromatic nitrogens is 1. The van der Waals surface area contributed by atoms with Gasteiger partial charge in [-0.1, -0.05) is 42.2 Å². The van der Waals surface area contributed by atoms with Crippen LogP contribution in [0.5, 0.6) is 5.75 Å². The second kappa shape index (κ2) is 10.6. The lowest BCUT2D eigenvalue weighted by Crippen LogP contribution is -2.43. The van der Waals surface area contributed by atoms with Gasteiger partial charge >= 0.3 is 6.03 Å². The number of anilines is 1. The summed E-state index contributed by atoms with van der Waals surface area (Å²) in [6.45, 7) is 3.55. The minimum absolute atomic E-state index is 0.0956. The van der Waals surface area contributed by atoms with Gasteiger partial charge in [0.15, 0.2) is 0 Å². The Bertz CT molecular complexity index is 1200. The molecule has 6 heteroatoms. The zero-order valence-corrected chi connectivity index (χ0v) is 20.0. The summed E-state index contributed by atoms with van der Waals surface area (Å²) >= 11 is 0. The van der Waals surface area contributed by atoms with Crippen molar-refractivity contribution in [2.24, 2.45) is 0 Å². The predicted octanol–water partition coefficient (Wildman–Crippen LogP) is 4.59. The van der Waals surface area contributed by atoms with Crippen LogP contribution < -0.4 is 10.1 Å². The van der Waals surface area contributed by atoms with Gasteiger partial charge in [-0.25, -0.2) is 9.78 Å². The first-order valence-corrected chi connectivity index (χ1v) is 12.2. The van der Waals surface area contributed by atoms with Gasteiger partial charge in [0.05, 0.1) is 13.3 Å². The molecule has 2 aliphatic rings. The lowest BCUT2D eigenvalue weighted by atomic mass is 9.91. The molecule has 2 aromatic carbocycles. The van der Waals surface area contributed by atoms with Crippen LogP contribution in [0.1, 0.15) is 35.4 Å². The number of nitrogens with zero attached hydrogens (tertiary/aromatic N) is 3. The third-order valence-electron chi connectivity index (χ3n) is 6.90. The lowest BCUT2D eigenvalue weighted by Gasteiger charge is -2.30. The standard InChI is InChI=1S/C29H30N4O2/c1-35-25-14-15-28(30-20-25)31-29(34)33-18-5-17-32-19-16-26(27(32)21-33)24-12-10-23(11-13-24)9-8-22-6-3-2-4-7-22/h2-4,6-7,10-15,20,26-27H,5,16-19,21H2,1H3,(H,30,31,34)/t26-,27+/m1/s1. The number of carbonyl (C=O) groups excluding carboxylic acids is 1. The summed E-state index contributed by atoms with van der Waals surface area (Å²) in [7, 11) is 1.60. The van der Waals surface area contributed by atoms with E-state index in [2.05, 4.69) is 51.3 Å². The molecule has 1 N–H and O–H groups in total. The molecule has 1 aromatic heterocycles. The van der Waals surface area contributed by atoms with Crippen LogP contribution >= 0.6 is 0 Å². The summed E-state index contributed by atoms with van der Waals surface area (Å²) in [4.78, 5) is 21.8. The van der Waals surface area contributed by atoms with Crippen molar-refractivity contribution in [3.63, 3.8) is 0 Å². The Kier molecular flexibility index (Phi) is 6.97. The number of nitrogens with one attached hydrogen (secondary N) is 1. The number of methoxy groups -OCH3 is 1. The van der Waals surface area contributed by atoms with E-state index in [9.17, 15) is 4.79 Å². The molecule has 0 spiro atoms. The normalized spacial score (nSPS) is 19.7. The second-order valence-electron chi connectivity index (χ2n) is 9.05. The highest BCUT2D eigenvalue weighted by molar-refractivity contribution is 5.88. The number of pyridine rings is 1. The van der Waals surface area contributed by atoms with Crippen LogP contribution in [-0.2, 0) is 0 Å². The van der Waals surface area contributed by atoms with E-state index in [1.807, 2.05) is 35.2 Å². The van der Waals surface area contributed by atoms with E-state index >= 15 is 0 Å². The van der Waals surface area contributed by atoms with Crippen LogP contribution in [0.15, 0.2) is 72.9 Å². The molecule has 2 amide bonds. The largest absolute Gasteiger partial charge is 0.495 e. The average molecular weight is 467 g/mol. The Balaban J connectivity index is 1.26. The van der Waals surface area contributed by atoms with Crippen LogP contribution in [0, 0.1) is 11.8 Å². The number of hydrogen-bond donors (Lipinski definition) is 1. The van der Waals surface area contributed by atoms with Gasteiger partial charge < -0.3 is 9.64 Å². The highest BCUT2D eigenvalue weighted by Gasteiger charge is 2.38. The monoisotopic (exact) mass is 466 g/mol. The molecule has 3 heterocycles. The van der Waals surface area contributed by atoms with E-state index in [4.69, 9.17) is 4.74 Å². The Morgan fingerprint density at radius 3 is 2.46 bits per heavy atom. The molecule has 2 aliphatic heterocycles. The molecule has 0 aliphatic carbocycles. The van der Waals surface area contributed by atoms with Crippen LogP contribution in [0.3, 0.4) is 0 Å². The van der Waals surface area contributed by atoms with Crippen LogP contribution in [-0.4, -0.2) is 60.1 Å². The Morgan fingerprint density at radius 1 is 0.971 bits per heavy atom. The zero-order chi connectivity index (χ0) is 24.0. The average Bonchev–Trinajstić information content (AvgIpc) is 3.18. The van der Waals surface area contributed by atoms with Crippen molar-refractivity contribution in [3.8, 4) is 17.6 Å². The summed E-state index contributed by atoms with van der Waals surface area (Å²) < 4.78 is 5.15. The topological polar surface area (TPSA) is 57.7 Å². The van der Waals surface area contributed by atoms with E-state index in [0.717, 1.165) is 43.6 Å². The van der Waals surface area contributed by atoms with Gasteiger partial charge in [0.25, 0.3) is 0 Å². The van der Waals surface area contributed by atoms with Crippen molar-refractivity contribution in [2.75, 3.05) is 38.6 Å². The third kappa shape index (κ3) is 5.47. The maximum atomic E-state index is 13.0. The molecule has 35 heavy (non-hydrogen) atoms. The van der Waals surface area contributed by atoms with E-state index in [-0.39, 0.29) is 6.03 Å².